The third kappa shape index (κ3) is 2.99. The van der Waals surface area contributed by atoms with E-state index in [4.69, 9.17) is 21.3 Å². The fraction of sp³-hybridized carbons (Fsp3) is 0.0952. The van der Waals surface area contributed by atoms with Crippen LogP contribution in [0.25, 0.3) is 22.4 Å². The van der Waals surface area contributed by atoms with E-state index in [1.54, 1.807) is 7.11 Å². The number of ether oxygens (including phenoxy) is 1. The number of benzene rings is 3. The molecule has 0 atom stereocenters. The summed E-state index contributed by atoms with van der Waals surface area (Å²) in [5, 5.41) is 0.702. The third-order valence-corrected chi connectivity index (χ3v) is 4.49. The molecule has 124 valence electrons. The Bertz CT molecular complexity index is 1040. The second-order valence-corrected chi connectivity index (χ2v) is 6.27. The first-order valence-electron chi connectivity index (χ1n) is 8.09. The molecule has 25 heavy (non-hydrogen) atoms. The van der Waals surface area contributed by atoms with Crippen LogP contribution in [0.5, 0.6) is 5.75 Å². The lowest BCUT2D eigenvalue weighted by Crippen LogP contribution is -2.04. The Morgan fingerprint density at radius 2 is 1.76 bits per heavy atom. The molecule has 0 radical (unpaired) electrons. The normalized spacial score (nSPS) is 11.0. The van der Waals surface area contributed by atoms with Crippen LogP contribution in [0.1, 0.15) is 5.56 Å². The van der Waals surface area contributed by atoms with Crippen LogP contribution in [0.3, 0.4) is 0 Å². The SMILES string of the molecule is COc1ccccc1Cn1c(-c2cccc(Cl)c2)nc2ccccc21. The monoisotopic (exact) mass is 348 g/mol. The molecule has 3 nitrogen and oxygen atoms in total. The molecule has 0 spiro atoms. The van der Waals surface area contributed by atoms with Gasteiger partial charge >= 0.3 is 0 Å². The molecule has 0 aliphatic heterocycles. The van der Waals surface area contributed by atoms with Gasteiger partial charge in [0, 0.05) is 16.1 Å². The lowest BCUT2D eigenvalue weighted by molar-refractivity contribution is 0.408. The quantitative estimate of drug-likeness (QED) is 0.492. The van der Waals surface area contributed by atoms with E-state index < -0.39 is 0 Å². The number of methoxy groups -OCH3 is 1. The van der Waals surface area contributed by atoms with Gasteiger partial charge in [0.15, 0.2) is 0 Å². The van der Waals surface area contributed by atoms with Gasteiger partial charge in [-0.05, 0) is 30.3 Å². The van der Waals surface area contributed by atoms with Crippen molar-refractivity contribution in [3.8, 4) is 17.1 Å². The van der Waals surface area contributed by atoms with Crippen LogP contribution in [-0.4, -0.2) is 16.7 Å². The second-order valence-electron chi connectivity index (χ2n) is 5.83. The lowest BCUT2D eigenvalue weighted by atomic mass is 10.1. The summed E-state index contributed by atoms with van der Waals surface area (Å²) >= 11 is 6.20. The van der Waals surface area contributed by atoms with E-state index >= 15 is 0 Å². The molecule has 0 fully saturated rings. The molecule has 4 heteroatoms. The molecule has 0 aliphatic carbocycles. The maximum atomic E-state index is 6.20. The summed E-state index contributed by atoms with van der Waals surface area (Å²) in [5.74, 6) is 1.77. The van der Waals surface area contributed by atoms with Crippen LogP contribution in [-0.2, 0) is 6.54 Å². The lowest BCUT2D eigenvalue weighted by Gasteiger charge is -2.13. The first kappa shape index (κ1) is 15.7. The molecule has 0 saturated heterocycles. The van der Waals surface area contributed by atoms with Crippen LogP contribution < -0.4 is 4.74 Å². The van der Waals surface area contributed by atoms with Crippen LogP contribution in [0, 0.1) is 0 Å². The molecule has 3 aromatic carbocycles. The molecular weight excluding hydrogens is 332 g/mol. The number of rotatable bonds is 4. The van der Waals surface area contributed by atoms with Crippen molar-refractivity contribution in [2.75, 3.05) is 7.11 Å². The van der Waals surface area contributed by atoms with E-state index in [1.165, 1.54) is 0 Å². The van der Waals surface area contributed by atoms with E-state index in [9.17, 15) is 0 Å². The highest BCUT2D eigenvalue weighted by Crippen LogP contribution is 2.29. The largest absolute Gasteiger partial charge is 0.496 e. The van der Waals surface area contributed by atoms with Crippen LogP contribution in [0.15, 0.2) is 72.8 Å². The van der Waals surface area contributed by atoms with Gasteiger partial charge in [-0.1, -0.05) is 54.1 Å². The van der Waals surface area contributed by atoms with Crippen LogP contribution in [0.2, 0.25) is 5.02 Å². The van der Waals surface area contributed by atoms with Crippen molar-refractivity contribution in [1.29, 1.82) is 0 Å². The van der Waals surface area contributed by atoms with Crippen molar-refractivity contribution in [3.05, 3.63) is 83.4 Å². The van der Waals surface area contributed by atoms with Gasteiger partial charge in [0.05, 0.1) is 24.7 Å². The number of para-hydroxylation sites is 3. The highest BCUT2D eigenvalue weighted by molar-refractivity contribution is 6.30. The predicted molar refractivity (Wildman–Crippen MR) is 102 cm³/mol. The predicted octanol–water partition coefficient (Wildman–Crippen LogP) is 5.41. The Morgan fingerprint density at radius 1 is 0.960 bits per heavy atom. The molecule has 0 unspecified atom stereocenters. The highest BCUT2D eigenvalue weighted by Gasteiger charge is 2.14. The Labute approximate surface area is 151 Å². The minimum atomic E-state index is 0.673. The summed E-state index contributed by atoms with van der Waals surface area (Å²) in [6, 6.07) is 24.0. The number of aromatic nitrogens is 2. The van der Waals surface area contributed by atoms with E-state index in [0.29, 0.717) is 11.6 Å². The Kier molecular flexibility index (Phi) is 4.16. The first-order valence-corrected chi connectivity index (χ1v) is 8.47. The number of hydrogen-bond donors (Lipinski definition) is 0. The molecule has 0 N–H and O–H groups in total. The summed E-state index contributed by atoms with van der Waals surface area (Å²) in [4.78, 5) is 4.84. The van der Waals surface area contributed by atoms with E-state index in [2.05, 4.69) is 16.7 Å². The van der Waals surface area contributed by atoms with Crippen molar-refractivity contribution in [3.63, 3.8) is 0 Å². The van der Waals surface area contributed by atoms with Gasteiger partial charge in [-0.3, -0.25) is 0 Å². The van der Waals surface area contributed by atoms with Crippen molar-refractivity contribution < 1.29 is 4.74 Å². The number of fused-ring (bicyclic) bond motifs is 1. The second kappa shape index (κ2) is 6.61. The average Bonchev–Trinajstić information content (AvgIpc) is 3.01. The van der Waals surface area contributed by atoms with Crippen molar-refractivity contribution in [2.24, 2.45) is 0 Å². The Morgan fingerprint density at radius 3 is 2.60 bits per heavy atom. The van der Waals surface area contributed by atoms with Gasteiger partial charge in [-0.15, -0.1) is 0 Å². The van der Waals surface area contributed by atoms with E-state index in [0.717, 1.165) is 33.7 Å². The molecule has 4 rings (SSSR count). The van der Waals surface area contributed by atoms with Gasteiger partial charge in [0.25, 0.3) is 0 Å². The van der Waals surface area contributed by atoms with Crippen molar-refractivity contribution in [2.45, 2.75) is 6.54 Å². The van der Waals surface area contributed by atoms with Crippen LogP contribution >= 0.6 is 11.6 Å². The van der Waals surface area contributed by atoms with Crippen molar-refractivity contribution in [1.82, 2.24) is 9.55 Å². The Balaban J connectivity index is 1.91. The minimum absolute atomic E-state index is 0.673. The van der Waals surface area contributed by atoms with Gasteiger partial charge < -0.3 is 9.30 Å². The average molecular weight is 349 g/mol. The van der Waals surface area contributed by atoms with Crippen molar-refractivity contribution >= 4 is 22.6 Å². The standard InChI is InChI=1S/C21H17ClN2O/c1-25-20-12-5-2-7-16(20)14-24-19-11-4-3-10-18(19)23-21(24)15-8-6-9-17(22)13-15/h2-13H,14H2,1H3. The molecule has 0 aliphatic rings. The highest BCUT2D eigenvalue weighted by atomic mass is 35.5. The third-order valence-electron chi connectivity index (χ3n) is 4.26. The zero-order valence-corrected chi connectivity index (χ0v) is 14.6. The van der Waals surface area contributed by atoms with E-state index in [-0.39, 0.29) is 0 Å². The summed E-state index contributed by atoms with van der Waals surface area (Å²) in [6.07, 6.45) is 0. The van der Waals surface area contributed by atoms with Gasteiger partial charge in [-0.2, -0.15) is 0 Å². The molecule has 4 aromatic rings. The summed E-state index contributed by atoms with van der Waals surface area (Å²) in [5.41, 5.74) is 4.16. The summed E-state index contributed by atoms with van der Waals surface area (Å²) in [6.45, 7) is 0.673. The van der Waals surface area contributed by atoms with E-state index in [1.807, 2.05) is 60.7 Å². The fourth-order valence-electron chi connectivity index (χ4n) is 3.09. The maximum Gasteiger partial charge on any atom is 0.141 e. The van der Waals surface area contributed by atoms with Crippen LogP contribution in [0.4, 0.5) is 0 Å². The summed E-state index contributed by atoms with van der Waals surface area (Å²) in [7, 11) is 1.70. The molecule has 1 heterocycles. The molecule has 0 bridgehead atoms. The summed E-state index contributed by atoms with van der Waals surface area (Å²) < 4.78 is 7.72. The van der Waals surface area contributed by atoms with Gasteiger partial charge in [-0.25, -0.2) is 4.98 Å². The molecular formula is C21H17ClN2O. The zero-order chi connectivity index (χ0) is 17.2. The zero-order valence-electron chi connectivity index (χ0n) is 13.8. The topological polar surface area (TPSA) is 27.1 Å². The fourth-order valence-corrected chi connectivity index (χ4v) is 3.28. The number of hydrogen-bond acceptors (Lipinski definition) is 2. The number of halogens is 1. The molecule has 0 saturated carbocycles. The van der Waals surface area contributed by atoms with Gasteiger partial charge in [0.1, 0.15) is 11.6 Å². The maximum absolute atomic E-state index is 6.20. The molecule has 0 amide bonds. The number of nitrogens with zero attached hydrogens (tertiary/aromatic N) is 2. The minimum Gasteiger partial charge on any atom is -0.496 e. The van der Waals surface area contributed by atoms with Gasteiger partial charge in [0.2, 0.25) is 0 Å². The first-order chi connectivity index (χ1) is 12.3. The Hall–Kier alpha value is -2.78. The smallest absolute Gasteiger partial charge is 0.141 e. The number of imidazole rings is 1. The molecule has 1 aromatic heterocycles.